The molecule has 128 valence electrons. The molecular weight excluding hydrogens is 326 g/mol. The number of benzene rings is 2. The largest absolute Gasteiger partial charge is 0.445 e. The lowest BCUT2D eigenvalue weighted by molar-refractivity contribution is -0.182. The summed E-state index contributed by atoms with van der Waals surface area (Å²) in [6, 6.07) is 13.8. The summed E-state index contributed by atoms with van der Waals surface area (Å²) in [7, 11) is 0. The molecule has 1 N–H and O–H groups in total. The van der Waals surface area contributed by atoms with Crippen molar-refractivity contribution >= 4 is 6.09 Å². The van der Waals surface area contributed by atoms with Crippen LogP contribution in [0.3, 0.4) is 0 Å². The Bertz CT molecular complexity index is 657. The molecule has 2 aromatic carbocycles. The lowest BCUT2D eigenvalue weighted by Gasteiger charge is -2.13. The van der Waals surface area contributed by atoms with E-state index in [0.29, 0.717) is 5.56 Å². The van der Waals surface area contributed by atoms with Crippen LogP contribution in [0.4, 0.5) is 22.4 Å². The van der Waals surface area contributed by atoms with Crippen LogP contribution < -0.4 is 5.32 Å². The average molecular weight is 341 g/mol. The molecule has 0 saturated heterocycles. The van der Waals surface area contributed by atoms with Crippen molar-refractivity contribution in [3.8, 4) is 0 Å². The lowest BCUT2D eigenvalue weighted by Crippen LogP contribution is -2.23. The van der Waals surface area contributed by atoms with Gasteiger partial charge in [-0.05, 0) is 16.7 Å². The number of rotatable bonds is 5. The molecule has 1 amide bonds. The molecule has 0 saturated carbocycles. The predicted molar refractivity (Wildman–Crippen MR) is 79.8 cm³/mol. The minimum absolute atomic E-state index is 0.0663. The van der Waals surface area contributed by atoms with Crippen LogP contribution in [0, 0.1) is 0 Å². The third-order valence-corrected chi connectivity index (χ3v) is 3.21. The van der Waals surface area contributed by atoms with E-state index in [1.807, 2.05) is 18.2 Å². The fourth-order valence-corrected chi connectivity index (χ4v) is 1.94. The standard InChI is InChI=1S/C17H15F4NO2/c18-15(17(19,20)21)14-8-6-12(7-9-14)10-22-16(23)24-11-13-4-2-1-3-5-13/h1-9,15H,10-11H2,(H,22,23). The summed E-state index contributed by atoms with van der Waals surface area (Å²) in [4.78, 5) is 11.6. The topological polar surface area (TPSA) is 38.3 Å². The maximum Gasteiger partial charge on any atom is 0.423 e. The Labute approximate surface area is 136 Å². The maximum absolute atomic E-state index is 13.1. The van der Waals surface area contributed by atoms with Gasteiger partial charge in [-0.2, -0.15) is 13.2 Å². The Hall–Kier alpha value is -2.57. The first-order chi connectivity index (χ1) is 11.4. The molecule has 2 rings (SSSR count). The van der Waals surface area contributed by atoms with E-state index >= 15 is 0 Å². The number of hydrogen-bond acceptors (Lipinski definition) is 2. The molecule has 1 atom stereocenters. The van der Waals surface area contributed by atoms with Crippen LogP contribution in [0.5, 0.6) is 0 Å². The molecular formula is C17H15F4NO2. The molecule has 0 aliphatic rings. The van der Waals surface area contributed by atoms with Gasteiger partial charge in [0.2, 0.25) is 6.17 Å². The number of nitrogens with one attached hydrogen (secondary N) is 1. The molecule has 3 nitrogen and oxygen atoms in total. The van der Waals surface area contributed by atoms with Crippen molar-refractivity contribution in [2.75, 3.05) is 0 Å². The van der Waals surface area contributed by atoms with Gasteiger partial charge in [0.15, 0.2) is 0 Å². The maximum atomic E-state index is 13.1. The van der Waals surface area contributed by atoms with Crippen LogP contribution in [-0.4, -0.2) is 12.3 Å². The Balaban J connectivity index is 1.80. The number of alkyl carbamates (subject to hydrolysis) is 1. The highest BCUT2D eigenvalue weighted by Gasteiger charge is 2.41. The molecule has 7 heteroatoms. The van der Waals surface area contributed by atoms with E-state index in [1.54, 1.807) is 12.1 Å². The van der Waals surface area contributed by atoms with Crippen LogP contribution in [0.15, 0.2) is 54.6 Å². The third-order valence-electron chi connectivity index (χ3n) is 3.21. The van der Waals surface area contributed by atoms with Crippen LogP contribution >= 0.6 is 0 Å². The van der Waals surface area contributed by atoms with Crippen LogP contribution in [0.25, 0.3) is 0 Å². The molecule has 2 aromatic rings. The van der Waals surface area contributed by atoms with Crippen molar-refractivity contribution in [3.63, 3.8) is 0 Å². The monoisotopic (exact) mass is 341 g/mol. The molecule has 0 aliphatic heterocycles. The van der Waals surface area contributed by atoms with Crippen molar-refractivity contribution in [2.45, 2.75) is 25.5 Å². The van der Waals surface area contributed by atoms with Gasteiger partial charge in [-0.1, -0.05) is 54.6 Å². The minimum Gasteiger partial charge on any atom is -0.445 e. The molecule has 0 radical (unpaired) electrons. The number of alkyl halides is 4. The second kappa shape index (κ2) is 7.81. The van der Waals surface area contributed by atoms with Gasteiger partial charge in [0.1, 0.15) is 6.61 Å². The van der Waals surface area contributed by atoms with Gasteiger partial charge in [-0.15, -0.1) is 0 Å². The van der Waals surface area contributed by atoms with E-state index in [1.165, 1.54) is 12.1 Å². The SMILES string of the molecule is O=C(NCc1ccc(C(F)C(F)(F)F)cc1)OCc1ccccc1. The molecule has 1 unspecified atom stereocenters. The van der Waals surface area contributed by atoms with Gasteiger partial charge in [0.25, 0.3) is 0 Å². The van der Waals surface area contributed by atoms with E-state index in [-0.39, 0.29) is 13.2 Å². The molecule has 0 fully saturated rings. The summed E-state index contributed by atoms with van der Waals surface area (Å²) in [5.41, 5.74) is 0.890. The summed E-state index contributed by atoms with van der Waals surface area (Å²) < 4.78 is 54.9. The first-order valence-electron chi connectivity index (χ1n) is 7.10. The van der Waals surface area contributed by atoms with E-state index in [0.717, 1.165) is 17.7 Å². The van der Waals surface area contributed by atoms with Gasteiger partial charge in [-0.25, -0.2) is 9.18 Å². The van der Waals surface area contributed by atoms with Crippen molar-refractivity contribution in [1.29, 1.82) is 0 Å². The highest BCUT2D eigenvalue weighted by atomic mass is 19.4. The second-order valence-electron chi connectivity index (χ2n) is 5.06. The zero-order valence-electron chi connectivity index (χ0n) is 12.5. The number of hydrogen-bond donors (Lipinski definition) is 1. The Kier molecular flexibility index (Phi) is 5.78. The Morgan fingerprint density at radius 3 is 2.21 bits per heavy atom. The molecule has 0 heterocycles. The minimum atomic E-state index is -4.93. The Morgan fingerprint density at radius 1 is 1.00 bits per heavy atom. The first kappa shape index (κ1) is 17.8. The molecule has 0 aromatic heterocycles. The predicted octanol–water partition coefficient (Wildman–Crippen LogP) is 4.69. The van der Waals surface area contributed by atoms with E-state index in [2.05, 4.69) is 5.32 Å². The number of amides is 1. The van der Waals surface area contributed by atoms with Crippen LogP contribution in [-0.2, 0) is 17.9 Å². The van der Waals surface area contributed by atoms with Gasteiger partial charge < -0.3 is 10.1 Å². The summed E-state index contributed by atoms with van der Waals surface area (Å²) >= 11 is 0. The van der Waals surface area contributed by atoms with E-state index in [4.69, 9.17) is 4.74 Å². The summed E-state index contributed by atoms with van der Waals surface area (Å²) in [6.07, 6.45) is -8.60. The van der Waals surface area contributed by atoms with E-state index in [9.17, 15) is 22.4 Å². The van der Waals surface area contributed by atoms with E-state index < -0.39 is 24.0 Å². The normalized spacial score (nSPS) is 12.5. The fourth-order valence-electron chi connectivity index (χ4n) is 1.94. The number of carbonyl (C=O) groups excluding carboxylic acids is 1. The molecule has 24 heavy (non-hydrogen) atoms. The van der Waals surface area contributed by atoms with Crippen molar-refractivity contribution in [2.24, 2.45) is 0 Å². The number of carbonyl (C=O) groups is 1. The quantitative estimate of drug-likeness (QED) is 0.802. The molecule has 0 bridgehead atoms. The van der Waals surface area contributed by atoms with Gasteiger partial charge in [0.05, 0.1) is 0 Å². The van der Waals surface area contributed by atoms with Crippen molar-refractivity contribution in [3.05, 3.63) is 71.3 Å². The first-order valence-corrected chi connectivity index (χ1v) is 7.10. The van der Waals surface area contributed by atoms with Gasteiger partial charge in [-0.3, -0.25) is 0 Å². The summed E-state index contributed by atoms with van der Waals surface area (Å²) in [6.45, 7) is 0.178. The van der Waals surface area contributed by atoms with Crippen molar-refractivity contribution < 1.29 is 27.1 Å². The summed E-state index contributed by atoms with van der Waals surface area (Å²) in [5, 5.41) is 2.47. The van der Waals surface area contributed by atoms with Gasteiger partial charge >= 0.3 is 12.3 Å². The second-order valence-corrected chi connectivity index (χ2v) is 5.06. The molecule has 0 aliphatic carbocycles. The number of ether oxygens (including phenoxy) is 1. The highest BCUT2D eigenvalue weighted by molar-refractivity contribution is 5.67. The van der Waals surface area contributed by atoms with Gasteiger partial charge in [0, 0.05) is 6.54 Å². The summed E-state index contributed by atoms with van der Waals surface area (Å²) in [5.74, 6) is 0. The molecule has 0 spiro atoms. The Morgan fingerprint density at radius 2 is 1.62 bits per heavy atom. The fraction of sp³-hybridized carbons (Fsp3) is 0.235. The third kappa shape index (κ3) is 5.26. The number of halogens is 4. The van der Waals surface area contributed by atoms with Crippen molar-refractivity contribution in [1.82, 2.24) is 5.32 Å². The zero-order valence-corrected chi connectivity index (χ0v) is 12.5. The zero-order chi connectivity index (χ0) is 17.6. The highest BCUT2D eigenvalue weighted by Crippen LogP contribution is 2.35. The van der Waals surface area contributed by atoms with Crippen LogP contribution in [0.1, 0.15) is 22.9 Å². The smallest absolute Gasteiger partial charge is 0.423 e. The van der Waals surface area contributed by atoms with Crippen LogP contribution in [0.2, 0.25) is 0 Å². The lowest BCUT2D eigenvalue weighted by atomic mass is 10.1. The average Bonchev–Trinajstić information content (AvgIpc) is 2.58.